The van der Waals surface area contributed by atoms with E-state index in [9.17, 15) is 9.59 Å². The molecule has 1 heterocycles. The monoisotopic (exact) mass is 298 g/mol. The van der Waals surface area contributed by atoms with Crippen molar-refractivity contribution in [2.75, 3.05) is 13.1 Å². The zero-order valence-corrected chi connectivity index (χ0v) is 14.1. The van der Waals surface area contributed by atoms with Gasteiger partial charge in [-0.05, 0) is 53.5 Å². The second-order valence-corrected chi connectivity index (χ2v) is 6.75. The maximum atomic E-state index is 12.3. The van der Waals surface area contributed by atoms with E-state index in [0.717, 1.165) is 32.2 Å². The number of esters is 1. The smallest absolute Gasteiger partial charge is 0.323 e. The van der Waals surface area contributed by atoms with Crippen LogP contribution in [-0.2, 0) is 14.3 Å². The van der Waals surface area contributed by atoms with Crippen LogP contribution in [0, 0.1) is 0 Å². The summed E-state index contributed by atoms with van der Waals surface area (Å²) >= 11 is 0. The third kappa shape index (κ3) is 5.65. The first kappa shape index (κ1) is 18.0. The molecule has 1 amide bonds. The fourth-order valence-electron chi connectivity index (χ4n) is 2.56. The second kappa shape index (κ2) is 7.78. The molecule has 1 saturated heterocycles. The molecule has 2 atom stereocenters. The summed E-state index contributed by atoms with van der Waals surface area (Å²) in [6.45, 7) is 11.0. The van der Waals surface area contributed by atoms with E-state index in [0.29, 0.717) is 6.54 Å². The van der Waals surface area contributed by atoms with E-state index in [1.807, 2.05) is 32.6 Å². The van der Waals surface area contributed by atoms with Crippen molar-refractivity contribution in [2.24, 2.45) is 0 Å². The minimum atomic E-state index is -0.488. The van der Waals surface area contributed by atoms with Gasteiger partial charge in [-0.25, -0.2) is 0 Å². The van der Waals surface area contributed by atoms with Gasteiger partial charge in [0.05, 0.1) is 6.04 Å². The summed E-state index contributed by atoms with van der Waals surface area (Å²) in [5, 5.41) is 2.94. The van der Waals surface area contributed by atoms with Crippen molar-refractivity contribution in [1.29, 1.82) is 0 Å². The summed E-state index contributed by atoms with van der Waals surface area (Å²) in [4.78, 5) is 26.4. The van der Waals surface area contributed by atoms with Crippen LogP contribution in [0.5, 0.6) is 0 Å². The number of rotatable bonds is 6. The maximum absolute atomic E-state index is 12.3. The van der Waals surface area contributed by atoms with E-state index in [4.69, 9.17) is 4.74 Å². The zero-order valence-electron chi connectivity index (χ0n) is 14.1. The molecular weight excluding hydrogens is 268 g/mol. The topological polar surface area (TPSA) is 58.6 Å². The first-order chi connectivity index (χ1) is 9.76. The summed E-state index contributed by atoms with van der Waals surface area (Å²) in [5.41, 5.74) is -0.488. The molecular formula is C16H30N2O3. The van der Waals surface area contributed by atoms with Crippen molar-refractivity contribution >= 4 is 11.9 Å². The number of nitrogens with zero attached hydrogens (tertiary/aromatic N) is 1. The van der Waals surface area contributed by atoms with Gasteiger partial charge in [-0.3, -0.25) is 14.5 Å². The Hall–Kier alpha value is -1.10. The molecule has 1 N–H and O–H groups in total. The lowest BCUT2D eigenvalue weighted by Crippen LogP contribution is -2.50. The van der Waals surface area contributed by atoms with Crippen LogP contribution in [-0.4, -0.2) is 47.6 Å². The standard InChI is InChI=1S/C16H30N2O3/c1-6-7-10-17-14(19)12(2)18-11-8-9-13(18)15(20)21-16(3,4)5/h12-13H,6-11H2,1-5H3,(H,17,19)/t12?,13-/m0/s1. The second-order valence-electron chi connectivity index (χ2n) is 6.75. The van der Waals surface area contributed by atoms with Gasteiger partial charge in [0.25, 0.3) is 0 Å². The highest BCUT2D eigenvalue weighted by Crippen LogP contribution is 2.23. The Morgan fingerprint density at radius 1 is 1.38 bits per heavy atom. The average Bonchev–Trinajstić information content (AvgIpc) is 2.85. The molecule has 1 rings (SSSR count). The molecule has 0 radical (unpaired) electrons. The SMILES string of the molecule is CCCCNC(=O)C(C)N1CCC[C@H]1C(=O)OC(C)(C)C. The van der Waals surface area contributed by atoms with Crippen LogP contribution in [0.2, 0.25) is 0 Å². The van der Waals surface area contributed by atoms with Gasteiger partial charge in [0.1, 0.15) is 11.6 Å². The van der Waals surface area contributed by atoms with Crippen molar-refractivity contribution in [2.45, 2.75) is 78.0 Å². The Labute approximate surface area is 128 Å². The Morgan fingerprint density at radius 2 is 2.05 bits per heavy atom. The molecule has 5 nitrogen and oxygen atoms in total. The predicted molar refractivity (Wildman–Crippen MR) is 83.0 cm³/mol. The van der Waals surface area contributed by atoms with E-state index in [-0.39, 0.29) is 24.0 Å². The summed E-state index contributed by atoms with van der Waals surface area (Å²) in [5.74, 6) is -0.216. The lowest BCUT2D eigenvalue weighted by Gasteiger charge is -2.30. The first-order valence-electron chi connectivity index (χ1n) is 8.02. The van der Waals surface area contributed by atoms with E-state index in [2.05, 4.69) is 12.2 Å². The van der Waals surface area contributed by atoms with E-state index < -0.39 is 5.60 Å². The van der Waals surface area contributed by atoms with Crippen LogP contribution in [0.25, 0.3) is 0 Å². The Bertz CT molecular complexity index is 363. The van der Waals surface area contributed by atoms with Gasteiger partial charge in [-0.2, -0.15) is 0 Å². The molecule has 122 valence electrons. The molecule has 21 heavy (non-hydrogen) atoms. The van der Waals surface area contributed by atoms with Gasteiger partial charge in [-0.1, -0.05) is 13.3 Å². The normalized spacial score (nSPS) is 21.1. The lowest BCUT2D eigenvalue weighted by molar-refractivity contribution is -0.161. The Balaban J connectivity index is 2.59. The van der Waals surface area contributed by atoms with Crippen LogP contribution < -0.4 is 5.32 Å². The van der Waals surface area contributed by atoms with Crippen molar-refractivity contribution in [3.05, 3.63) is 0 Å². The average molecular weight is 298 g/mol. The molecule has 0 saturated carbocycles. The molecule has 0 aliphatic carbocycles. The van der Waals surface area contributed by atoms with Gasteiger partial charge in [0, 0.05) is 6.54 Å². The van der Waals surface area contributed by atoms with Crippen LogP contribution in [0.15, 0.2) is 0 Å². The number of hydrogen-bond acceptors (Lipinski definition) is 4. The number of unbranched alkanes of at least 4 members (excludes halogenated alkanes) is 1. The first-order valence-corrected chi connectivity index (χ1v) is 8.02. The molecule has 1 unspecified atom stereocenters. The number of ether oxygens (including phenoxy) is 1. The number of carbonyl (C=O) groups is 2. The fraction of sp³-hybridized carbons (Fsp3) is 0.875. The van der Waals surface area contributed by atoms with Crippen LogP contribution >= 0.6 is 0 Å². The van der Waals surface area contributed by atoms with Crippen LogP contribution in [0.1, 0.15) is 60.3 Å². The van der Waals surface area contributed by atoms with Gasteiger partial charge in [-0.15, -0.1) is 0 Å². The predicted octanol–water partition coefficient (Wildman–Crippen LogP) is 2.10. The Kier molecular flexibility index (Phi) is 6.65. The van der Waals surface area contributed by atoms with Gasteiger partial charge in [0.15, 0.2) is 0 Å². The zero-order chi connectivity index (χ0) is 16.0. The summed E-state index contributed by atoms with van der Waals surface area (Å²) in [6, 6.07) is -0.585. The van der Waals surface area contributed by atoms with Gasteiger partial charge in [0.2, 0.25) is 5.91 Å². The van der Waals surface area contributed by atoms with Crippen molar-refractivity contribution in [3.63, 3.8) is 0 Å². The van der Waals surface area contributed by atoms with Crippen LogP contribution in [0.3, 0.4) is 0 Å². The summed E-state index contributed by atoms with van der Waals surface area (Å²) < 4.78 is 5.47. The number of carbonyl (C=O) groups excluding carboxylic acids is 2. The van der Waals surface area contributed by atoms with Crippen molar-refractivity contribution in [1.82, 2.24) is 10.2 Å². The number of likely N-dealkylation sites (tertiary alicyclic amines) is 1. The van der Waals surface area contributed by atoms with Gasteiger partial charge >= 0.3 is 5.97 Å². The molecule has 0 bridgehead atoms. The number of amides is 1. The third-order valence-electron chi connectivity index (χ3n) is 3.68. The van der Waals surface area contributed by atoms with E-state index in [1.165, 1.54) is 0 Å². The lowest BCUT2D eigenvalue weighted by atomic mass is 10.1. The minimum Gasteiger partial charge on any atom is -0.459 e. The fourth-order valence-corrected chi connectivity index (χ4v) is 2.56. The summed E-state index contributed by atoms with van der Waals surface area (Å²) in [7, 11) is 0. The van der Waals surface area contributed by atoms with Crippen molar-refractivity contribution in [3.8, 4) is 0 Å². The minimum absolute atomic E-state index is 0.00101. The molecule has 1 aliphatic rings. The highest BCUT2D eigenvalue weighted by Gasteiger charge is 2.38. The van der Waals surface area contributed by atoms with E-state index >= 15 is 0 Å². The quantitative estimate of drug-likeness (QED) is 0.602. The molecule has 5 heteroatoms. The number of hydrogen-bond donors (Lipinski definition) is 1. The third-order valence-corrected chi connectivity index (χ3v) is 3.68. The van der Waals surface area contributed by atoms with Crippen LogP contribution in [0.4, 0.5) is 0 Å². The molecule has 1 fully saturated rings. The maximum Gasteiger partial charge on any atom is 0.323 e. The molecule has 1 aliphatic heterocycles. The summed E-state index contributed by atoms with van der Waals surface area (Å²) in [6.07, 6.45) is 3.73. The molecule has 0 aromatic heterocycles. The van der Waals surface area contributed by atoms with Crippen molar-refractivity contribution < 1.29 is 14.3 Å². The van der Waals surface area contributed by atoms with Gasteiger partial charge < -0.3 is 10.1 Å². The van der Waals surface area contributed by atoms with E-state index in [1.54, 1.807) is 0 Å². The highest BCUT2D eigenvalue weighted by atomic mass is 16.6. The molecule has 0 aromatic rings. The molecule has 0 aromatic carbocycles. The molecule has 0 spiro atoms. The highest BCUT2D eigenvalue weighted by molar-refractivity contribution is 5.83. The largest absolute Gasteiger partial charge is 0.459 e. The Morgan fingerprint density at radius 3 is 2.62 bits per heavy atom. The number of nitrogens with one attached hydrogen (secondary N) is 1.